The van der Waals surface area contributed by atoms with Gasteiger partial charge in [0.05, 0.1) is 0 Å². The van der Waals surface area contributed by atoms with Gasteiger partial charge in [0.2, 0.25) is 0 Å². The molecule has 0 saturated carbocycles. The van der Waals surface area contributed by atoms with Gasteiger partial charge in [0.1, 0.15) is 0 Å². The van der Waals surface area contributed by atoms with E-state index >= 15 is 0 Å². The lowest BCUT2D eigenvalue weighted by Gasteiger charge is -2.22. The quantitative estimate of drug-likeness (QED) is 0.649. The van der Waals surface area contributed by atoms with Gasteiger partial charge in [-0.15, -0.1) is 0 Å². The molecule has 1 aliphatic heterocycles. The molecule has 104 valence electrons. The predicted octanol–water partition coefficient (Wildman–Crippen LogP) is 1.71. The van der Waals surface area contributed by atoms with E-state index in [4.69, 9.17) is 0 Å². The van der Waals surface area contributed by atoms with Crippen molar-refractivity contribution < 1.29 is 0 Å². The Morgan fingerprint density at radius 3 is 2.58 bits per heavy atom. The van der Waals surface area contributed by atoms with E-state index in [-0.39, 0.29) is 0 Å². The Hall–Kier alpha value is -1.71. The third kappa shape index (κ3) is 3.40. The third-order valence-electron chi connectivity index (χ3n) is 3.56. The first kappa shape index (κ1) is 13.7. The molecule has 0 radical (unpaired) electrons. The summed E-state index contributed by atoms with van der Waals surface area (Å²) in [5.41, 5.74) is 2.63. The van der Waals surface area contributed by atoms with E-state index in [9.17, 15) is 0 Å². The summed E-state index contributed by atoms with van der Waals surface area (Å²) < 4.78 is 0. The number of guanidine groups is 1. The molecule has 19 heavy (non-hydrogen) atoms. The average Bonchev–Trinajstić information content (AvgIpc) is 2.85. The van der Waals surface area contributed by atoms with Gasteiger partial charge in [-0.25, -0.2) is 0 Å². The normalized spacial score (nSPS) is 19.7. The molecule has 0 amide bonds. The van der Waals surface area contributed by atoms with Crippen LogP contribution in [0.15, 0.2) is 29.3 Å². The molecule has 0 aromatic heterocycles. The molecular formula is C15H24N4. The van der Waals surface area contributed by atoms with Crippen molar-refractivity contribution in [2.75, 3.05) is 39.1 Å². The van der Waals surface area contributed by atoms with Crippen LogP contribution in [0.5, 0.6) is 0 Å². The van der Waals surface area contributed by atoms with Crippen LogP contribution in [0.4, 0.5) is 5.69 Å². The molecule has 1 heterocycles. The molecule has 0 aliphatic carbocycles. The summed E-state index contributed by atoms with van der Waals surface area (Å²) in [6, 6.07) is 9.24. The van der Waals surface area contributed by atoms with Crippen molar-refractivity contribution >= 4 is 11.6 Å². The van der Waals surface area contributed by atoms with Gasteiger partial charge < -0.3 is 15.1 Å². The minimum Gasteiger partial charge on any atom is -0.369 e. The maximum Gasteiger partial charge on any atom is 0.193 e. The first-order valence-corrected chi connectivity index (χ1v) is 6.82. The second-order valence-corrected chi connectivity index (χ2v) is 5.35. The van der Waals surface area contributed by atoms with Gasteiger partial charge in [0.25, 0.3) is 0 Å². The van der Waals surface area contributed by atoms with Crippen LogP contribution in [0.2, 0.25) is 0 Å². The number of hydrogen-bond donors (Lipinski definition) is 1. The van der Waals surface area contributed by atoms with Gasteiger partial charge in [-0.05, 0) is 25.5 Å². The summed E-state index contributed by atoms with van der Waals surface area (Å²) in [4.78, 5) is 8.73. The van der Waals surface area contributed by atoms with Gasteiger partial charge in [-0.1, -0.05) is 17.7 Å². The van der Waals surface area contributed by atoms with E-state index < -0.39 is 0 Å². The molecule has 1 fully saturated rings. The van der Waals surface area contributed by atoms with E-state index in [0.717, 1.165) is 25.5 Å². The SMILES string of the molecule is CN=C(NC1CCN(c2ccc(C)cc2)C1)N(C)C. The van der Waals surface area contributed by atoms with Crippen LogP contribution in [0.25, 0.3) is 0 Å². The van der Waals surface area contributed by atoms with E-state index in [1.807, 2.05) is 26.0 Å². The van der Waals surface area contributed by atoms with Gasteiger partial charge in [0.15, 0.2) is 5.96 Å². The number of aliphatic imine (C=N–C) groups is 1. The molecule has 4 heteroatoms. The second-order valence-electron chi connectivity index (χ2n) is 5.35. The molecule has 1 unspecified atom stereocenters. The zero-order chi connectivity index (χ0) is 13.8. The highest BCUT2D eigenvalue weighted by molar-refractivity contribution is 5.79. The van der Waals surface area contributed by atoms with Crippen LogP contribution < -0.4 is 10.2 Å². The Kier molecular flexibility index (Phi) is 4.30. The maximum absolute atomic E-state index is 4.27. The molecule has 0 bridgehead atoms. The van der Waals surface area contributed by atoms with Crippen molar-refractivity contribution in [3.05, 3.63) is 29.8 Å². The van der Waals surface area contributed by atoms with Crippen molar-refractivity contribution in [2.45, 2.75) is 19.4 Å². The molecule has 1 saturated heterocycles. The number of aryl methyl sites for hydroxylation is 1. The monoisotopic (exact) mass is 260 g/mol. The van der Waals surface area contributed by atoms with Gasteiger partial charge in [-0.3, -0.25) is 4.99 Å². The smallest absolute Gasteiger partial charge is 0.193 e. The van der Waals surface area contributed by atoms with Crippen LogP contribution in [0, 0.1) is 6.92 Å². The number of nitrogens with one attached hydrogen (secondary N) is 1. The molecule has 1 aromatic carbocycles. The summed E-state index contributed by atoms with van der Waals surface area (Å²) in [6.45, 7) is 4.26. The number of hydrogen-bond acceptors (Lipinski definition) is 2. The fourth-order valence-electron chi connectivity index (χ4n) is 2.44. The summed E-state index contributed by atoms with van der Waals surface area (Å²) in [6.07, 6.45) is 1.15. The van der Waals surface area contributed by atoms with Gasteiger partial charge >= 0.3 is 0 Å². The highest BCUT2D eigenvalue weighted by atomic mass is 15.3. The Balaban J connectivity index is 1.95. The van der Waals surface area contributed by atoms with Gasteiger partial charge in [-0.2, -0.15) is 0 Å². The molecule has 4 nitrogen and oxygen atoms in total. The molecule has 2 rings (SSSR count). The topological polar surface area (TPSA) is 30.9 Å². The summed E-state index contributed by atoms with van der Waals surface area (Å²) in [7, 11) is 5.86. The molecule has 1 aliphatic rings. The average molecular weight is 260 g/mol. The summed E-state index contributed by atoms with van der Waals surface area (Å²) in [5.74, 6) is 0.954. The standard InChI is InChI=1S/C15H24N4/c1-12-5-7-14(8-6-12)19-10-9-13(11-19)17-15(16-2)18(3)4/h5-8,13H,9-11H2,1-4H3,(H,16,17). The van der Waals surface area contributed by atoms with Gasteiger partial charge in [0, 0.05) is 46.0 Å². The fourth-order valence-corrected chi connectivity index (χ4v) is 2.44. The number of rotatable bonds is 2. The Labute approximate surface area is 116 Å². The highest BCUT2D eigenvalue weighted by Crippen LogP contribution is 2.20. The lowest BCUT2D eigenvalue weighted by atomic mass is 10.2. The third-order valence-corrected chi connectivity index (χ3v) is 3.56. The molecule has 1 aromatic rings. The maximum atomic E-state index is 4.27. The first-order chi connectivity index (χ1) is 9.10. The Morgan fingerprint density at radius 2 is 2.00 bits per heavy atom. The number of anilines is 1. The largest absolute Gasteiger partial charge is 0.369 e. The van der Waals surface area contributed by atoms with Crippen LogP contribution in [-0.4, -0.2) is 51.1 Å². The molecule has 1 N–H and O–H groups in total. The van der Waals surface area contributed by atoms with Crippen molar-refractivity contribution in [2.24, 2.45) is 4.99 Å². The lowest BCUT2D eigenvalue weighted by molar-refractivity contribution is 0.548. The first-order valence-electron chi connectivity index (χ1n) is 6.82. The molecule has 1 atom stereocenters. The minimum atomic E-state index is 0.474. The van der Waals surface area contributed by atoms with Crippen molar-refractivity contribution in [3.63, 3.8) is 0 Å². The fraction of sp³-hybridized carbons (Fsp3) is 0.533. The van der Waals surface area contributed by atoms with Crippen molar-refractivity contribution in [1.82, 2.24) is 10.2 Å². The summed E-state index contributed by atoms with van der Waals surface area (Å²) >= 11 is 0. The molecule has 0 spiro atoms. The van der Waals surface area contributed by atoms with E-state index in [1.165, 1.54) is 11.3 Å². The Morgan fingerprint density at radius 1 is 1.32 bits per heavy atom. The number of nitrogens with zero attached hydrogens (tertiary/aromatic N) is 3. The zero-order valence-corrected chi connectivity index (χ0v) is 12.3. The minimum absolute atomic E-state index is 0.474. The predicted molar refractivity (Wildman–Crippen MR) is 82.0 cm³/mol. The van der Waals surface area contributed by atoms with Crippen LogP contribution in [0.1, 0.15) is 12.0 Å². The van der Waals surface area contributed by atoms with Crippen molar-refractivity contribution in [3.8, 4) is 0 Å². The van der Waals surface area contributed by atoms with E-state index in [1.54, 1.807) is 0 Å². The van der Waals surface area contributed by atoms with Crippen LogP contribution >= 0.6 is 0 Å². The van der Waals surface area contributed by atoms with Crippen molar-refractivity contribution in [1.29, 1.82) is 0 Å². The van der Waals surface area contributed by atoms with E-state index in [0.29, 0.717) is 6.04 Å². The lowest BCUT2D eigenvalue weighted by Crippen LogP contribution is -2.43. The van der Waals surface area contributed by atoms with Crippen LogP contribution in [0.3, 0.4) is 0 Å². The molecular weight excluding hydrogens is 236 g/mol. The Bertz CT molecular complexity index is 436. The summed E-state index contributed by atoms with van der Waals surface area (Å²) in [5, 5.41) is 3.51. The second kappa shape index (κ2) is 5.95. The number of benzene rings is 1. The zero-order valence-electron chi connectivity index (χ0n) is 12.3. The van der Waals surface area contributed by atoms with E-state index in [2.05, 4.69) is 46.4 Å². The highest BCUT2D eigenvalue weighted by Gasteiger charge is 2.23. The van der Waals surface area contributed by atoms with Crippen LogP contribution in [-0.2, 0) is 0 Å².